The summed E-state index contributed by atoms with van der Waals surface area (Å²) in [6.07, 6.45) is 0. The SMILES string of the molecule is O=C(NCc1ccc(F)cc1)C(=O)NC[C@@H](c1cccs1)N1CCOCC1. The Morgan fingerprint density at radius 2 is 1.81 bits per heavy atom. The van der Waals surface area contributed by atoms with E-state index in [0.717, 1.165) is 23.5 Å². The lowest BCUT2D eigenvalue weighted by atomic mass is 10.2. The third-order valence-corrected chi connectivity index (χ3v) is 5.36. The van der Waals surface area contributed by atoms with Crippen molar-refractivity contribution < 1.29 is 18.7 Å². The molecule has 2 heterocycles. The molecule has 0 aliphatic carbocycles. The van der Waals surface area contributed by atoms with E-state index in [1.165, 1.54) is 12.1 Å². The molecule has 27 heavy (non-hydrogen) atoms. The molecule has 1 saturated heterocycles. The first-order valence-corrected chi connectivity index (χ1v) is 9.67. The summed E-state index contributed by atoms with van der Waals surface area (Å²) in [5, 5.41) is 7.28. The molecule has 6 nitrogen and oxygen atoms in total. The molecule has 1 fully saturated rings. The fraction of sp³-hybridized carbons (Fsp3) is 0.368. The number of benzene rings is 1. The molecule has 1 aliphatic rings. The van der Waals surface area contributed by atoms with Crippen LogP contribution in [-0.4, -0.2) is 49.6 Å². The van der Waals surface area contributed by atoms with Crippen LogP contribution in [0.25, 0.3) is 0 Å². The molecule has 0 spiro atoms. The molecule has 0 saturated carbocycles. The quantitative estimate of drug-likeness (QED) is 0.736. The highest BCUT2D eigenvalue weighted by Crippen LogP contribution is 2.25. The van der Waals surface area contributed by atoms with Crippen molar-refractivity contribution >= 4 is 23.2 Å². The Morgan fingerprint density at radius 1 is 1.11 bits per heavy atom. The minimum atomic E-state index is -0.703. The van der Waals surface area contributed by atoms with E-state index < -0.39 is 11.8 Å². The van der Waals surface area contributed by atoms with Gasteiger partial charge in [0, 0.05) is 31.1 Å². The van der Waals surface area contributed by atoms with E-state index in [4.69, 9.17) is 4.74 Å². The van der Waals surface area contributed by atoms with E-state index in [2.05, 4.69) is 15.5 Å². The maximum Gasteiger partial charge on any atom is 0.309 e. The molecular formula is C19H22FN3O3S. The van der Waals surface area contributed by atoms with Crippen molar-refractivity contribution in [3.63, 3.8) is 0 Å². The summed E-state index contributed by atoms with van der Waals surface area (Å²) < 4.78 is 18.3. The van der Waals surface area contributed by atoms with E-state index in [1.54, 1.807) is 23.5 Å². The highest BCUT2D eigenvalue weighted by molar-refractivity contribution is 7.10. The first-order valence-electron chi connectivity index (χ1n) is 8.79. The zero-order valence-corrected chi connectivity index (χ0v) is 15.6. The Bertz CT molecular complexity index is 746. The van der Waals surface area contributed by atoms with Gasteiger partial charge >= 0.3 is 11.8 Å². The summed E-state index contributed by atoms with van der Waals surface area (Å²) in [7, 11) is 0. The number of hydrogen-bond donors (Lipinski definition) is 2. The number of nitrogens with one attached hydrogen (secondary N) is 2. The van der Waals surface area contributed by atoms with Gasteiger partial charge < -0.3 is 15.4 Å². The van der Waals surface area contributed by atoms with Crippen molar-refractivity contribution in [2.24, 2.45) is 0 Å². The number of carbonyl (C=O) groups is 2. The van der Waals surface area contributed by atoms with Crippen molar-refractivity contribution in [1.29, 1.82) is 0 Å². The van der Waals surface area contributed by atoms with Crippen molar-refractivity contribution in [2.75, 3.05) is 32.8 Å². The largest absolute Gasteiger partial charge is 0.379 e. The van der Waals surface area contributed by atoms with Crippen LogP contribution in [0.1, 0.15) is 16.5 Å². The average Bonchev–Trinajstić information content (AvgIpc) is 3.22. The second-order valence-electron chi connectivity index (χ2n) is 6.20. The van der Waals surface area contributed by atoms with E-state index >= 15 is 0 Å². The molecule has 0 bridgehead atoms. The summed E-state index contributed by atoms with van der Waals surface area (Å²) in [5.74, 6) is -1.72. The normalized spacial score (nSPS) is 15.9. The Balaban J connectivity index is 1.52. The van der Waals surface area contributed by atoms with Crippen LogP contribution in [0.3, 0.4) is 0 Å². The van der Waals surface area contributed by atoms with Gasteiger partial charge in [-0.1, -0.05) is 18.2 Å². The standard InChI is InChI=1S/C19H22FN3O3S/c20-15-5-3-14(4-6-15)12-21-18(24)19(25)22-13-16(17-2-1-11-27-17)23-7-9-26-10-8-23/h1-6,11,16H,7-10,12-13H2,(H,21,24)(H,22,25)/t16-/m0/s1. The van der Waals surface area contributed by atoms with Gasteiger partial charge in [0.2, 0.25) is 0 Å². The molecule has 0 radical (unpaired) electrons. The molecule has 2 N–H and O–H groups in total. The second-order valence-corrected chi connectivity index (χ2v) is 7.18. The van der Waals surface area contributed by atoms with Crippen LogP contribution in [0, 0.1) is 5.82 Å². The number of morpholine rings is 1. The first-order chi connectivity index (χ1) is 13.1. The van der Waals surface area contributed by atoms with Crippen LogP contribution >= 0.6 is 11.3 Å². The first kappa shape index (κ1) is 19.5. The highest BCUT2D eigenvalue weighted by atomic mass is 32.1. The van der Waals surface area contributed by atoms with E-state index in [0.29, 0.717) is 19.8 Å². The van der Waals surface area contributed by atoms with E-state index in [-0.39, 0.29) is 18.4 Å². The van der Waals surface area contributed by atoms with Gasteiger partial charge in [0.15, 0.2) is 0 Å². The monoisotopic (exact) mass is 391 g/mol. The fourth-order valence-corrected chi connectivity index (χ4v) is 3.78. The number of amides is 2. The predicted octanol–water partition coefficient (Wildman–Crippen LogP) is 1.69. The topological polar surface area (TPSA) is 70.7 Å². The Kier molecular flexibility index (Phi) is 6.92. The minimum Gasteiger partial charge on any atom is -0.379 e. The van der Waals surface area contributed by atoms with Gasteiger partial charge in [-0.3, -0.25) is 14.5 Å². The van der Waals surface area contributed by atoms with Crippen molar-refractivity contribution in [3.05, 3.63) is 58.0 Å². The number of halogens is 1. The van der Waals surface area contributed by atoms with E-state index in [1.807, 2.05) is 17.5 Å². The number of nitrogens with zero attached hydrogens (tertiary/aromatic N) is 1. The average molecular weight is 391 g/mol. The summed E-state index contributed by atoms with van der Waals surface area (Å²) >= 11 is 1.63. The smallest absolute Gasteiger partial charge is 0.309 e. The number of carbonyl (C=O) groups excluding carboxylic acids is 2. The number of thiophene rings is 1. The fourth-order valence-electron chi connectivity index (χ4n) is 2.91. The van der Waals surface area contributed by atoms with Gasteiger partial charge in [-0.2, -0.15) is 0 Å². The van der Waals surface area contributed by atoms with E-state index in [9.17, 15) is 14.0 Å². The summed E-state index contributed by atoms with van der Waals surface area (Å²) in [6, 6.07) is 9.79. The third-order valence-electron chi connectivity index (χ3n) is 4.39. The molecule has 1 aliphatic heterocycles. The van der Waals surface area contributed by atoms with Crippen LogP contribution in [0.5, 0.6) is 0 Å². The van der Waals surface area contributed by atoms with Gasteiger partial charge in [0.05, 0.1) is 19.3 Å². The van der Waals surface area contributed by atoms with Gasteiger partial charge in [-0.15, -0.1) is 11.3 Å². The van der Waals surface area contributed by atoms with Crippen LogP contribution in [0.4, 0.5) is 4.39 Å². The zero-order valence-electron chi connectivity index (χ0n) is 14.8. The maximum atomic E-state index is 12.9. The summed E-state index contributed by atoms with van der Waals surface area (Å²) in [4.78, 5) is 27.6. The third kappa shape index (κ3) is 5.59. The summed E-state index contributed by atoms with van der Waals surface area (Å²) in [5.41, 5.74) is 0.724. The van der Waals surface area contributed by atoms with Crippen LogP contribution in [0.2, 0.25) is 0 Å². The van der Waals surface area contributed by atoms with Gasteiger partial charge in [0.1, 0.15) is 5.82 Å². The molecular weight excluding hydrogens is 369 g/mol. The molecule has 144 valence electrons. The molecule has 1 aromatic heterocycles. The van der Waals surface area contributed by atoms with Crippen LogP contribution < -0.4 is 10.6 Å². The second kappa shape index (κ2) is 9.59. The zero-order chi connectivity index (χ0) is 19.1. The van der Waals surface area contributed by atoms with Crippen molar-refractivity contribution in [1.82, 2.24) is 15.5 Å². The molecule has 1 atom stereocenters. The van der Waals surface area contributed by atoms with Crippen LogP contribution in [-0.2, 0) is 20.9 Å². The Morgan fingerprint density at radius 3 is 2.48 bits per heavy atom. The molecule has 2 amide bonds. The molecule has 2 aromatic rings. The maximum absolute atomic E-state index is 12.9. The Labute approximate surface area is 161 Å². The Hall–Kier alpha value is -2.29. The lowest BCUT2D eigenvalue weighted by Gasteiger charge is -2.34. The molecule has 3 rings (SSSR count). The van der Waals surface area contributed by atoms with Crippen molar-refractivity contribution in [2.45, 2.75) is 12.6 Å². The minimum absolute atomic E-state index is 0.0164. The van der Waals surface area contributed by atoms with Crippen LogP contribution in [0.15, 0.2) is 41.8 Å². The number of rotatable bonds is 6. The molecule has 8 heteroatoms. The van der Waals surface area contributed by atoms with Crippen molar-refractivity contribution in [3.8, 4) is 0 Å². The van der Waals surface area contributed by atoms with Gasteiger partial charge in [0.25, 0.3) is 0 Å². The van der Waals surface area contributed by atoms with Gasteiger partial charge in [-0.25, -0.2) is 4.39 Å². The lowest BCUT2D eigenvalue weighted by molar-refractivity contribution is -0.139. The highest BCUT2D eigenvalue weighted by Gasteiger charge is 2.25. The predicted molar refractivity (Wildman–Crippen MR) is 101 cm³/mol. The molecule has 0 unspecified atom stereocenters. The van der Waals surface area contributed by atoms with Gasteiger partial charge in [-0.05, 0) is 29.1 Å². The lowest BCUT2D eigenvalue weighted by Crippen LogP contribution is -2.46. The number of ether oxygens (including phenoxy) is 1. The number of hydrogen-bond acceptors (Lipinski definition) is 5. The molecule has 1 aromatic carbocycles. The summed E-state index contributed by atoms with van der Waals surface area (Å²) in [6.45, 7) is 3.42.